The predicted molar refractivity (Wildman–Crippen MR) is 154 cm³/mol. The Morgan fingerprint density at radius 2 is 1.95 bits per heavy atom. The van der Waals surface area contributed by atoms with Crippen LogP contribution in [0.3, 0.4) is 0 Å². The van der Waals surface area contributed by atoms with Crippen LogP contribution >= 0.6 is 0 Å². The zero-order valence-corrected chi connectivity index (χ0v) is 23.5. The minimum atomic E-state index is -1.10. The van der Waals surface area contributed by atoms with Crippen molar-refractivity contribution in [2.24, 2.45) is 0 Å². The van der Waals surface area contributed by atoms with E-state index in [0.717, 1.165) is 23.4 Å². The van der Waals surface area contributed by atoms with Crippen LogP contribution < -0.4 is 14.4 Å². The van der Waals surface area contributed by atoms with Crippen LogP contribution in [0.2, 0.25) is 0 Å². The van der Waals surface area contributed by atoms with Crippen molar-refractivity contribution in [3.05, 3.63) is 66.2 Å². The lowest BCUT2D eigenvalue weighted by molar-refractivity contribution is 0.00572. The van der Waals surface area contributed by atoms with Crippen molar-refractivity contribution in [2.75, 3.05) is 31.7 Å². The number of pyridine rings is 3. The number of nitriles is 1. The normalized spacial score (nSPS) is 17.6. The van der Waals surface area contributed by atoms with Crippen molar-refractivity contribution < 1.29 is 19.4 Å². The maximum absolute atomic E-state index is 13.1. The quantitative estimate of drug-likeness (QED) is 0.352. The number of aliphatic hydroxyl groups is 1. The molecule has 42 heavy (non-hydrogen) atoms. The van der Waals surface area contributed by atoms with E-state index >= 15 is 0 Å². The molecule has 3 aliphatic heterocycles. The van der Waals surface area contributed by atoms with Crippen molar-refractivity contribution in [3.63, 3.8) is 0 Å². The van der Waals surface area contributed by atoms with Gasteiger partial charge in [0.15, 0.2) is 0 Å². The number of fused-ring (bicyclic) bond motifs is 3. The Labute approximate surface area is 242 Å². The van der Waals surface area contributed by atoms with Gasteiger partial charge in [0.05, 0.1) is 48.2 Å². The molecule has 4 aromatic rings. The lowest BCUT2D eigenvalue weighted by Crippen LogP contribution is -2.70. The Balaban J connectivity index is 1.19. The number of ether oxygens (including phenoxy) is 2. The number of carbonyl (C=O) groups excluding carboxylic acids is 1. The highest BCUT2D eigenvalue weighted by molar-refractivity contribution is 5.95. The number of carbonyl (C=O) groups is 1. The molecule has 0 aromatic carbocycles. The first-order chi connectivity index (χ1) is 20.2. The summed E-state index contributed by atoms with van der Waals surface area (Å²) in [5.74, 6) is 7.35. The smallest absolute Gasteiger partial charge is 0.256 e. The molecule has 3 saturated heterocycles. The second kappa shape index (κ2) is 10.7. The first kappa shape index (κ1) is 27.1. The number of hydrogen-bond donors (Lipinski definition) is 1. The van der Waals surface area contributed by atoms with Gasteiger partial charge in [-0.25, -0.2) is 14.5 Å². The van der Waals surface area contributed by atoms with Gasteiger partial charge in [0.2, 0.25) is 5.88 Å². The number of rotatable bonds is 6. The predicted octanol–water partition coefficient (Wildman–Crippen LogP) is 2.93. The van der Waals surface area contributed by atoms with E-state index in [0.29, 0.717) is 41.4 Å². The third-order valence-corrected chi connectivity index (χ3v) is 7.42. The first-order valence-corrected chi connectivity index (χ1v) is 13.5. The zero-order chi connectivity index (χ0) is 29.4. The van der Waals surface area contributed by atoms with Gasteiger partial charge in [0.25, 0.3) is 5.91 Å². The molecule has 1 N–H and O–H groups in total. The molecule has 0 radical (unpaired) electrons. The van der Waals surface area contributed by atoms with Gasteiger partial charge in [-0.15, -0.1) is 0 Å². The second-order valence-corrected chi connectivity index (χ2v) is 10.9. The number of amides is 1. The molecule has 0 saturated carbocycles. The maximum atomic E-state index is 13.1. The molecule has 3 aliphatic rings. The van der Waals surface area contributed by atoms with Gasteiger partial charge in [-0.1, -0.05) is 11.8 Å². The zero-order valence-electron chi connectivity index (χ0n) is 23.5. The minimum Gasteiger partial charge on any atom is -0.481 e. The summed E-state index contributed by atoms with van der Waals surface area (Å²) in [5.41, 5.74) is 2.10. The summed E-state index contributed by atoms with van der Waals surface area (Å²) in [7, 11) is 1.55. The molecule has 2 unspecified atom stereocenters. The molecule has 1 amide bonds. The molecule has 11 heteroatoms. The average Bonchev–Trinajstić information content (AvgIpc) is 3.42. The summed E-state index contributed by atoms with van der Waals surface area (Å²) in [6.45, 7) is 4.69. The van der Waals surface area contributed by atoms with E-state index in [9.17, 15) is 15.2 Å². The number of piperidine rings is 1. The summed E-state index contributed by atoms with van der Waals surface area (Å²) < 4.78 is 12.5. The third-order valence-electron chi connectivity index (χ3n) is 7.42. The highest BCUT2D eigenvalue weighted by atomic mass is 16.5. The highest BCUT2D eigenvalue weighted by Crippen LogP contribution is 2.36. The highest BCUT2D eigenvalue weighted by Gasteiger charge is 2.47. The largest absolute Gasteiger partial charge is 0.481 e. The van der Waals surface area contributed by atoms with E-state index in [-0.39, 0.29) is 24.6 Å². The molecule has 0 spiro atoms. The van der Waals surface area contributed by atoms with E-state index in [4.69, 9.17) is 14.5 Å². The number of anilines is 1. The average molecular weight is 564 g/mol. The van der Waals surface area contributed by atoms with Gasteiger partial charge in [-0.2, -0.15) is 10.4 Å². The van der Waals surface area contributed by atoms with Gasteiger partial charge < -0.3 is 24.4 Å². The third kappa shape index (κ3) is 5.18. The molecule has 4 aromatic heterocycles. The Bertz CT molecular complexity index is 1730. The van der Waals surface area contributed by atoms with Gasteiger partial charge >= 0.3 is 0 Å². The lowest BCUT2D eigenvalue weighted by atomic mass is 9.86. The Hall–Kier alpha value is -5.13. The van der Waals surface area contributed by atoms with E-state index in [1.54, 1.807) is 56.2 Å². The second-order valence-electron chi connectivity index (χ2n) is 10.9. The fourth-order valence-corrected chi connectivity index (χ4v) is 5.49. The number of piperazine rings is 1. The van der Waals surface area contributed by atoms with Crippen LogP contribution in [0.25, 0.3) is 16.6 Å². The fraction of sp³-hybridized carbons (Fsp3) is 0.323. The molecule has 3 fully saturated rings. The van der Waals surface area contributed by atoms with E-state index in [1.165, 1.54) is 6.20 Å². The van der Waals surface area contributed by atoms with Crippen molar-refractivity contribution in [2.45, 2.75) is 38.0 Å². The van der Waals surface area contributed by atoms with Crippen LogP contribution in [0.15, 0.2) is 55.1 Å². The van der Waals surface area contributed by atoms with Crippen LogP contribution in [0.5, 0.6) is 11.6 Å². The first-order valence-electron chi connectivity index (χ1n) is 13.5. The van der Waals surface area contributed by atoms with Crippen molar-refractivity contribution in [3.8, 4) is 40.7 Å². The molecule has 0 aliphatic carbocycles. The molecule has 2 bridgehead atoms. The van der Waals surface area contributed by atoms with Crippen molar-refractivity contribution in [1.29, 1.82) is 5.26 Å². The van der Waals surface area contributed by atoms with E-state index in [1.807, 2.05) is 23.1 Å². The molecule has 7 rings (SSSR count). The van der Waals surface area contributed by atoms with Crippen LogP contribution in [-0.4, -0.2) is 80.0 Å². The molecular formula is C31H29N7O4. The van der Waals surface area contributed by atoms with Gasteiger partial charge in [0.1, 0.15) is 29.8 Å². The maximum Gasteiger partial charge on any atom is 0.256 e. The number of aromatic nitrogens is 4. The van der Waals surface area contributed by atoms with Crippen LogP contribution in [0, 0.1) is 23.2 Å². The fourth-order valence-electron chi connectivity index (χ4n) is 5.49. The van der Waals surface area contributed by atoms with E-state index in [2.05, 4.69) is 32.9 Å². The molecule has 212 valence electrons. The van der Waals surface area contributed by atoms with Gasteiger partial charge in [0, 0.05) is 42.7 Å². The number of nitrogens with zero attached hydrogens (tertiary/aromatic N) is 7. The van der Waals surface area contributed by atoms with Crippen LogP contribution in [-0.2, 0) is 0 Å². The summed E-state index contributed by atoms with van der Waals surface area (Å²) >= 11 is 0. The van der Waals surface area contributed by atoms with Gasteiger partial charge in [-0.05, 0) is 44.5 Å². The monoisotopic (exact) mass is 563 g/mol. The standard InChI is InChI=1S/C31H29N7O4/c1-31(2,40)9-4-10-42-25-12-26(29-22(13-32)16-35-37(29)19-25)20-5-7-27(33-14-20)36-17-23-11-24(18-36)38(23)30(39)21-6-8-28(41-3)34-15-21/h5-8,12,14-16,19,23-24,40H,10-11,17-18H2,1-3H3. The summed E-state index contributed by atoms with van der Waals surface area (Å²) in [6.07, 6.45) is 7.53. The minimum absolute atomic E-state index is 0.0133. The molecular weight excluding hydrogens is 534 g/mol. The summed E-state index contributed by atoms with van der Waals surface area (Å²) in [4.78, 5) is 26.2. The number of hydrogen-bond acceptors (Lipinski definition) is 9. The number of methoxy groups -OCH3 is 1. The van der Waals surface area contributed by atoms with Crippen LogP contribution in [0.1, 0.15) is 36.2 Å². The van der Waals surface area contributed by atoms with Gasteiger partial charge in [-0.3, -0.25) is 4.79 Å². The molecule has 7 heterocycles. The summed E-state index contributed by atoms with van der Waals surface area (Å²) in [6, 6.07) is 11.6. The van der Waals surface area contributed by atoms with Crippen molar-refractivity contribution >= 4 is 17.2 Å². The lowest BCUT2D eigenvalue weighted by Gasteiger charge is -2.56. The Kier molecular flexibility index (Phi) is 6.89. The Morgan fingerprint density at radius 3 is 2.60 bits per heavy atom. The van der Waals surface area contributed by atoms with Crippen molar-refractivity contribution in [1.82, 2.24) is 24.5 Å². The topological polar surface area (TPSA) is 129 Å². The van der Waals surface area contributed by atoms with E-state index < -0.39 is 5.60 Å². The SMILES string of the molecule is COc1ccc(C(=O)N2C3CC2CN(c2ccc(-c4cc(OCC#CC(C)(C)O)cn5ncc(C#N)c45)cn2)C3)cn1. The summed E-state index contributed by atoms with van der Waals surface area (Å²) in [5, 5.41) is 23.8. The molecule has 2 atom stereocenters. The molecule has 11 nitrogen and oxygen atoms in total. The Morgan fingerprint density at radius 1 is 1.14 bits per heavy atom. The van der Waals surface area contributed by atoms with Crippen LogP contribution in [0.4, 0.5) is 5.82 Å².